The predicted molar refractivity (Wildman–Crippen MR) is 84.1 cm³/mol. The Hall–Kier alpha value is -1.36. The van der Waals surface area contributed by atoms with E-state index in [1.807, 2.05) is 19.9 Å². The molecular formula is C16H28N4O. The van der Waals surface area contributed by atoms with Gasteiger partial charge in [0.05, 0.1) is 5.69 Å². The van der Waals surface area contributed by atoms with Crippen molar-refractivity contribution in [1.82, 2.24) is 15.1 Å². The fourth-order valence-electron chi connectivity index (χ4n) is 3.82. The van der Waals surface area contributed by atoms with Gasteiger partial charge < -0.3 is 11.1 Å². The lowest BCUT2D eigenvalue weighted by atomic mass is 9.48. The fraction of sp³-hybridized carbons (Fsp3) is 0.750. The lowest BCUT2D eigenvalue weighted by Crippen LogP contribution is -2.76. The van der Waals surface area contributed by atoms with E-state index in [0.717, 1.165) is 12.1 Å². The zero-order valence-electron chi connectivity index (χ0n) is 14.0. The molecule has 21 heavy (non-hydrogen) atoms. The number of hydrogen-bond donors (Lipinski definition) is 2. The van der Waals surface area contributed by atoms with Crippen molar-refractivity contribution in [3.63, 3.8) is 0 Å². The van der Waals surface area contributed by atoms with E-state index in [4.69, 9.17) is 5.73 Å². The number of nitrogens with two attached hydrogens (primary N) is 1. The zero-order valence-corrected chi connectivity index (χ0v) is 14.0. The van der Waals surface area contributed by atoms with Crippen LogP contribution in [0.5, 0.6) is 0 Å². The summed E-state index contributed by atoms with van der Waals surface area (Å²) in [5, 5.41) is 7.61. The van der Waals surface area contributed by atoms with Crippen LogP contribution in [-0.2, 0) is 13.0 Å². The minimum atomic E-state index is -0.0934. The summed E-state index contributed by atoms with van der Waals surface area (Å²) >= 11 is 0. The molecule has 0 saturated heterocycles. The van der Waals surface area contributed by atoms with Crippen molar-refractivity contribution in [2.24, 2.45) is 16.6 Å². The van der Waals surface area contributed by atoms with Crippen molar-refractivity contribution in [1.29, 1.82) is 0 Å². The summed E-state index contributed by atoms with van der Waals surface area (Å²) in [6.45, 7) is 13.2. The Labute approximate surface area is 127 Å². The standard InChI is InChI=1S/C16H28N4O/c1-7-10-9-11(20(8-2)19-10)12(21)18-14-15(3,4)13(17)16(14,5)6/h9,13-14H,7-8,17H2,1-6H3,(H,18,21). The first kappa shape index (κ1) is 16.0. The van der Waals surface area contributed by atoms with E-state index in [9.17, 15) is 4.79 Å². The van der Waals surface area contributed by atoms with Gasteiger partial charge in [0.25, 0.3) is 5.91 Å². The molecule has 1 aromatic heterocycles. The third-order valence-electron chi connectivity index (χ3n) is 5.09. The molecule has 1 fully saturated rings. The quantitative estimate of drug-likeness (QED) is 0.891. The molecule has 0 unspecified atom stereocenters. The smallest absolute Gasteiger partial charge is 0.269 e. The molecule has 0 atom stereocenters. The monoisotopic (exact) mass is 292 g/mol. The van der Waals surface area contributed by atoms with Crippen LogP contribution in [0.3, 0.4) is 0 Å². The average Bonchev–Trinajstić information content (AvgIpc) is 2.86. The van der Waals surface area contributed by atoms with Crippen LogP contribution in [0.4, 0.5) is 0 Å². The summed E-state index contributed by atoms with van der Waals surface area (Å²) in [5.74, 6) is -0.0536. The molecule has 3 N–H and O–H groups in total. The van der Waals surface area contributed by atoms with Crippen LogP contribution >= 0.6 is 0 Å². The summed E-state index contributed by atoms with van der Waals surface area (Å²) in [6.07, 6.45) is 0.832. The summed E-state index contributed by atoms with van der Waals surface area (Å²) < 4.78 is 1.77. The molecule has 5 heteroatoms. The SMILES string of the molecule is CCc1cc(C(=O)NC2C(C)(C)C(N)C2(C)C)n(CC)n1. The molecule has 0 aromatic carbocycles. The molecule has 0 bridgehead atoms. The highest BCUT2D eigenvalue weighted by Gasteiger charge is 2.60. The average molecular weight is 292 g/mol. The molecule has 118 valence electrons. The van der Waals surface area contributed by atoms with Crippen LogP contribution in [-0.4, -0.2) is 27.8 Å². The maximum atomic E-state index is 12.6. The van der Waals surface area contributed by atoms with Gasteiger partial charge in [-0.25, -0.2) is 0 Å². The van der Waals surface area contributed by atoms with Gasteiger partial charge in [-0.1, -0.05) is 34.6 Å². The highest BCUT2D eigenvalue weighted by atomic mass is 16.2. The molecule has 2 rings (SSSR count). The van der Waals surface area contributed by atoms with Gasteiger partial charge in [-0.05, 0) is 19.4 Å². The predicted octanol–water partition coefficient (Wildman–Crippen LogP) is 1.96. The van der Waals surface area contributed by atoms with Gasteiger partial charge in [0.1, 0.15) is 5.69 Å². The third-order valence-corrected chi connectivity index (χ3v) is 5.09. The summed E-state index contributed by atoms with van der Waals surface area (Å²) in [6, 6.07) is 2.03. The van der Waals surface area contributed by atoms with Crippen LogP contribution < -0.4 is 11.1 Å². The van der Waals surface area contributed by atoms with Crippen molar-refractivity contribution < 1.29 is 4.79 Å². The fourth-order valence-corrected chi connectivity index (χ4v) is 3.82. The van der Waals surface area contributed by atoms with Crippen molar-refractivity contribution in [2.45, 2.75) is 66.6 Å². The van der Waals surface area contributed by atoms with Gasteiger partial charge in [0, 0.05) is 29.5 Å². The molecule has 1 heterocycles. The molecule has 0 radical (unpaired) electrons. The molecule has 1 aliphatic carbocycles. The van der Waals surface area contributed by atoms with Gasteiger partial charge in [-0.3, -0.25) is 9.48 Å². The second kappa shape index (κ2) is 5.13. The maximum Gasteiger partial charge on any atom is 0.269 e. The second-order valence-electron chi connectivity index (χ2n) is 7.22. The maximum absolute atomic E-state index is 12.6. The number of carbonyl (C=O) groups excluding carboxylic acids is 1. The Morgan fingerprint density at radius 3 is 2.38 bits per heavy atom. The van der Waals surface area contributed by atoms with Gasteiger partial charge in [0.2, 0.25) is 0 Å². The van der Waals surface area contributed by atoms with Crippen LogP contribution in [0.25, 0.3) is 0 Å². The van der Waals surface area contributed by atoms with E-state index in [0.29, 0.717) is 12.2 Å². The van der Waals surface area contributed by atoms with Gasteiger partial charge in [-0.15, -0.1) is 0 Å². The number of hydrogen-bond acceptors (Lipinski definition) is 3. The number of nitrogens with one attached hydrogen (secondary N) is 1. The van der Waals surface area contributed by atoms with Gasteiger partial charge in [-0.2, -0.15) is 5.10 Å². The van der Waals surface area contributed by atoms with Crippen LogP contribution in [0.1, 0.15) is 57.7 Å². The van der Waals surface area contributed by atoms with Crippen molar-refractivity contribution >= 4 is 5.91 Å². The van der Waals surface area contributed by atoms with E-state index >= 15 is 0 Å². The Balaban J connectivity index is 2.21. The van der Waals surface area contributed by atoms with E-state index in [2.05, 4.69) is 38.1 Å². The first-order chi connectivity index (χ1) is 9.66. The summed E-state index contributed by atoms with van der Waals surface area (Å²) in [4.78, 5) is 12.6. The van der Waals surface area contributed by atoms with E-state index in [-0.39, 0.29) is 28.8 Å². The highest BCUT2D eigenvalue weighted by Crippen LogP contribution is 2.52. The number of aryl methyl sites for hydroxylation is 2. The number of nitrogens with zero attached hydrogens (tertiary/aromatic N) is 2. The third kappa shape index (κ3) is 2.37. The number of aromatic nitrogens is 2. The first-order valence-corrected chi connectivity index (χ1v) is 7.79. The molecule has 0 spiro atoms. The van der Waals surface area contributed by atoms with Crippen molar-refractivity contribution in [3.05, 3.63) is 17.5 Å². The molecule has 1 aliphatic rings. The molecule has 5 nitrogen and oxygen atoms in total. The minimum absolute atomic E-state index is 0.0536. The Kier molecular flexibility index (Phi) is 3.91. The number of rotatable bonds is 4. The zero-order chi connectivity index (χ0) is 16.0. The molecular weight excluding hydrogens is 264 g/mol. The van der Waals surface area contributed by atoms with Gasteiger partial charge >= 0.3 is 0 Å². The normalized spacial score (nSPS) is 26.2. The second-order valence-corrected chi connectivity index (χ2v) is 7.22. The highest BCUT2D eigenvalue weighted by molar-refractivity contribution is 5.93. The largest absolute Gasteiger partial charge is 0.347 e. The van der Waals surface area contributed by atoms with E-state index < -0.39 is 0 Å². The summed E-state index contributed by atoms with van der Waals surface area (Å²) in [7, 11) is 0. The Morgan fingerprint density at radius 1 is 1.33 bits per heavy atom. The van der Waals surface area contributed by atoms with E-state index in [1.54, 1.807) is 4.68 Å². The minimum Gasteiger partial charge on any atom is -0.347 e. The molecule has 0 aliphatic heterocycles. The molecule has 1 amide bonds. The molecule has 1 aromatic rings. The molecule has 1 saturated carbocycles. The topological polar surface area (TPSA) is 72.9 Å². The lowest BCUT2D eigenvalue weighted by Gasteiger charge is -2.62. The Bertz CT molecular complexity index is 528. The first-order valence-electron chi connectivity index (χ1n) is 7.79. The van der Waals surface area contributed by atoms with Crippen molar-refractivity contribution in [3.8, 4) is 0 Å². The Morgan fingerprint density at radius 2 is 1.90 bits per heavy atom. The van der Waals surface area contributed by atoms with E-state index in [1.165, 1.54) is 0 Å². The van der Waals surface area contributed by atoms with Crippen LogP contribution in [0.2, 0.25) is 0 Å². The van der Waals surface area contributed by atoms with Crippen molar-refractivity contribution in [2.75, 3.05) is 0 Å². The van der Waals surface area contributed by atoms with Gasteiger partial charge in [0.15, 0.2) is 0 Å². The lowest BCUT2D eigenvalue weighted by molar-refractivity contribution is -0.0664. The number of carbonyl (C=O) groups is 1. The van der Waals surface area contributed by atoms with Crippen LogP contribution in [0.15, 0.2) is 6.07 Å². The number of amides is 1. The summed E-state index contributed by atoms with van der Waals surface area (Å²) in [5.41, 5.74) is 7.65. The van der Waals surface area contributed by atoms with Crippen LogP contribution in [0, 0.1) is 10.8 Å².